The first-order valence-electron chi connectivity index (χ1n) is 11.5. The number of methoxy groups -OCH3 is 1. The van der Waals surface area contributed by atoms with Gasteiger partial charge in [0.15, 0.2) is 11.5 Å². The van der Waals surface area contributed by atoms with Crippen LogP contribution in [0.1, 0.15) is 11.1 Å². The van der Waals surface area contributed by atoms with Crippen molar-refractivity contribution in [1.29, 1.82) is 0 Å². The van der Waals surface area contributed by atoms with Gasteiger partial charge < -0.3 is 24.1 Å². The van der Waals surface area contributed by atoms with Gasteiger partial charge in [0.2, 0.25) is 5.91 Å². The van der Waals surface area contributed by atoms with E-state index in [-0.39, 0.29) is 24.8 Å². The molecule has 12 heteroatoms. The number of ether oxygens (including phenoxy) is 2. The van der Waals surface area contributed by atoms with Crippen molar-refractivity contribution in [2.45, 2.75) is 20.0 Å². The normalized spacial score (nSPS) is 15.8. The van der Waals surface area contributed by atoms with E-state index in [9.17, 15) is 18.3 Å². The zero-order chi connectivity index (χ0) is 26.3. The number of piperazine rings is 1. The van der Waals surface area contributed by atoms with Crippen molar-refractivity contribution in [2.75, 3.05) is 58.3 Å². The van der Waals surface area contributed by atoms with E-state index < -0.39 is 16.5 Å². The molecular formula is C24H33N3O8S. The van der Waals surface area contributed by atoms with E-state index in [0.717, 1.165) is 5.56 Å². The molecule has 198 valence electrons. The van der Waals surface area contributed by atoms with Crippen LogP contribution in [-0.4, -0.2) is 92.9 Å². The largest absolute Gasteiger partial charge is 0.493 e. The number of anilines is 1. The van der Waals surface area contributed by atoms with Crippen LogP contribution in [0.3, 0.4) is 0 Å². The molecule has 3 N–H and O–H groups in total. The van der Waals surface area contributed by atoms with Crippen molar-refractivity contribution < 1.29 is 36.5 Å². The number of aliphatic hydroxyl groups excluding tert-OH is 1. The van der Waals surface area contributed by atoms with Gasteiger partial charge >= 0.3 is 10.4 Å². The van der Waals surface area contributed by atoms with Gasteiger partial charge in [-0.05, 0) is 37.6 Å². The molecule has 1 aliphatic rings. The van der Waals surface area contributed by atoms with Gasteiger partial charge in [-0.25, -0.2) is 0 Å². The van der Waals surface area contributed by atoms with E-state index in [2.05, 4.69) is 14.4 Å². The van der Waals surface area contributed by atoms with E-state index in [0.29, 0.717) is 55.5 Å². The van der Waals surface area contributed by atoms with Gasteiger partial charge in [-0.1, -0.05) is 18.2 Å². The second-order valence-electron chi connectivity index (χ2n) is 8.63. The van der Waals surface area contributed by atoms with Crippen LogP contribution in [0.5, 0.6) is 17.2 Å². The molecule has 0 saturated carbocycles. The zero-order valence-corrected chi connectivity index (χ0v) is 21.5. The number of hydrogen-bond donors (Lipinski definition) is 3. The summed E-state index contributed by atoms with van der Waals surface area (Å²) in [5, 5.41) is 13.2. The molecule has 0 aliphatic carbocycles. The van der Waals surface area contributed by atoms with Crippen molar-refractivity contribution in [3.8, 4) is 17.2 Å². The number of aliphatic hydroxyl groups is 1. The van der Waals surface area contributed by atoms with Gasteiger partial charge in [0.25, 0.3) is 0 Å². The molecule has 0 bridgehead atoms. The fraction of sp³-hybridized carbons (Fsp3) is 0.458. The molecular weight excluding hydrogens is 490 g/mol. The van der Waals surface area contributed by atoms with Gasteiger partial charge in [0.05, 0.1) is 19.3 Å². The van der Waals surface area contributed by atoms with Crippen LogP contribution < -0.4 is 19.0 Å². The SMILES string of the molecule is COc1ccccc1OCC(O)CN1CCN(CC(=O)Nc2c(C)ccc(OS(=O)(=O)O)c2C)CC1. The van der Waals surface area contributed by atoms with Gasteiger partial charge in [-0.2, -0.15) is 8.42 Å². The molecule has 1 unspecified atom stereocenters. The molecule has 0 aromatic heterocycles. The second-order valence-corrected chi connectivity index (χ2v) is 9.65. The molecule has 1 heterocycles. The number of benzene rings is 2. The molecule has 1 aliphatic heterocycles. The average Bonchev–Trinajstić information content (AvgIpc) is 2.83. The fourth-order valence-electron chi connectivity index (χ4n) is 4.01. The molecule has 1 atom stereocenters. The minimum Gasteiger partial charge on any atom is -0.493 e. The highest BCUT2D eigenvalue weighted by molar-refractivity contribution is 7.81. The predicted molar refractivity (Wildman–Crippen MR) is 134 cm³/mol. The molecule has 11 nitrogen and oxygen atoms in total. The molecule has 1 saturated heterocycles. The number of β-amino-alcohol motifs (C(OH)–C–C–N with tert-alkyl or cyclic N) is 1. The third-order valence-corrected chi connectivity index (χ3v) is 6.27. The summed E-state index contributed by atoms with van der Waals surface area (Å²) in [5.41, 5.74) is 1.57. The molecule has 36 heavy (non-hydrogen) atoms. The summed E-state index contributed by atoms with van der Waals surface area (Å²) in [6, 6.07) is 10.3. The monoisotopic (exact) mass is 523 g/mol. The first-order chi connectivity index (χ1) is 17.1. The zero-order valence-electron chi connectivity index (χ0n) is 20.6. The van der Waals surface area contributed by atoms with Crippen molar-refractivity contribution in [3.05, 3.63) is 47.5 Å². The first-order valence-corrected chi connectivity index (χ1v) is 12.9. The molecule has 3 rings (SSSR count). The van der Waals surface area contributed by atoms with E-state index in [1.54, 1.807) is 39.2 Å². The highest BCUT2D eigenvalue weighted by Gasteiger charge is 2.22. The predicted octanol–water partition coefficient (Wildman–Crippen LogP) is 1.49. The Bertz CT molecular complexity index is 1150. The highest BCUT2D eigenvalue weighted by Crippen LogP contribution is 2.30. The Kier molecular flexibility index (Phi) is 9.51. The average molecular weight is 524 g/mol. The van der Waals surface area contributed by atoms with E-state index in [1.807, 2.05) is 17.0 Å². The van der Waals surface area contributed by atoms with Crippen molar-refractivity contribution in [1.82, 2.24) is 9.80 Å². The number of amides is 1. The summed E-state index contributed by atoms with van der Waals surface area (Å²) in [5.74, 6) is 0.888. The van der Waals surface area contributed by atoms with Gasteiger partial charge in [0.1, 0.15) is 18.5 Å². The van der Waals surface area contributed by atoms with Crippen LogP contribution >= 0.6 is 0 Å². The van der Waals surface area contributed by atoms with Gasteiger partial charge in [-0.3, -0.25) is 19.1 Å². The lowest BCUT2D eigenvalue weighted by molar-refractivity contribution is -0.117. The summed E-state index contributed by atoms with van der Waals surface area (Å²) >= 11 is 0. The maximum Gasteiger partial charge on any atom is 0.446 e. The Morgan fingerprint density at radius 1 is 1.03 bits per heavy atom. The Hall–Kier alpha value is -2.90. The lowest BCUT2D eigenvalue weighted by atomic mass is 10.1. The molecule has 1 amide bonds. The number of nitrogens with zero attached hydrogens (tertiary/aromatic N) is 2. The van der Waals surface area contributed by atoms with Crippen LogP contribution in [0, 0.1) is 13.8 Å². The summed E-state index contributed by atoms with van der Waals surface area (Å²) in [4.78, 5) is 16.8. The second kappa shape index (κ2) is 12.4. The van der Waals surface area contributed by atoms with Crippen LogP contribution in [0.2, 0.25) is 0 Å². The number of rotatable bonds is 11. The minimum atomic E-state index is -4.67. The Morgan fingerprint density at radius 3 is 2.31 bits per heavy atom. The molecule has 2 aromatic carbocycles. The standard InChI is InChI=1S/C24H33N3O8S/c1-17-8-9-20(35-36(30,31)32)18(2)24(17)25-23(29)15-27-12-10-26(11-13-27)14-19(28)16-34-22-7-5-4-6-21(22)33-3/h4-9,19,28H,10-16H2,1-3H3,(H,25,29)(H,30,31,32). The number of carbonyl (C=O) groups excluding carboxylic acids is 1. The summed E-state index contributed by atoms with van der Waals surface area (Å²) in [6.07, 6.45) is -0.673. The Balaban J connectivity index is 1.45. The lowest BCUT2D eigenvalue weighted by Crippen LogP contribution is -2.50. The lowest BCUT2D eigenvalue weighted by Gasteiger charge is -2.35. The topological polar surface area (TPSA) is 138 Å². The summed E-state index contributed by atoms with van der Waals surface area (Å²) < 4.78 is 46.6. The maximum absolute atomic E-state index is 12.7. The van der Waals surface area contributed by atoms with Crippen molar-refractivity contribution in [2.24, 2.45) is 0 Å². The highest BCUT2D eigenvalue weighted by atomic mass is 32.3. The molecule has 1 fully saturated rings. The Labute approximate surface area is 211 Å². The fourth-order valence-corrected chi connectivity index (χ4v) is 4.42. The number of nitrogens with one attached hydrogen (secondary N) is 1. The maximum atomic E-state index is 12.7. The third-order valence-electron chi connectivity index (χ3n) is 5.88. The van der Waals surface area contributed by atoms with Gasteiger partial charge in [0, 0.05) is 38.3 Å². The minimum absolute atomic E-state index is 0.0553. The van der Waals surface area contributed by atoms with E-state index >= 15 is 0 Å². The molecule has 2 aromatic rings. The number of hydrogen-bond acceptors (Lipinski definition) is 9. The number of aryl methyl sites for hydroxylation is 1. The first kappa shape index (κ1) is 27.7. The van der Waals surface area contributed by atoms with Crippen LogP contribution in [0.15, 0.2) is 36.4 Å². The molecule has 0 spiro atoms. The van der Waals surface area contributed by atoms with Crippen molar-refractivity contribution >= 4 is 22.0 Å². The smallest absolute Gasteiger partial charge is 0.446 e. The Morgan fingerprint density at radius 2 is 1.67 bits per heavy atom. The quantitative estimate of drug-likeness (QED) is 0.371. The van der Waals surface area contributed by atoms with Crippen LogP contribution in [-0.2, 0) is 15.2 Å². The summed E-state index contributed by atoms with van der Waals surface area (Å²) in [6.45, 7) is 6.82. The van der Waals surface area contributed by atoms with E-state index in [4.69, 9.17) is 14.0 Å². The van der Waals surface area contributed by atoms with E-state index in [1.165, 1.54) is 6.07 Å². The van der Waals surface area contributed by atoms with Crippen molar-refractivity contribution in [3.63, 3.8) is 0 Å². The summed E-state index contributed by atoms with van der Waals surface area (Å²) in [7, 11) is -3.11. The third kappa shape index (κ3) is 8.07. The van der Waals surface area contributed by atoms with Gasteiger partial charge in [-0.15, -0.1) is 0 Å². The number of carbonyl (C=O) groups is 1. The molecule has 0 radical (unpaired) electrons. The van der Waals surface area contributed by atoms with Crippen LogP contribution in [0.4, 0.5) is 5.69 Å². The number of para-hydroxylation sites is 2. The van der Waals surface area contributed by atoms with Crippen LogP contribution in [0.25, 0.3) is 0 Å².